The maximum Gasteiger partial charge on any atom is 0.156 e. The number of anilines is 1. The molecule has 0 spiro atoms. The Balaban J connectivity index is 2.18. The third-order valence-electron chi connectivity index (χ3n) is 2.11. The molecular formula is C12H18BrNO3. The average molecular weight is 304 g/mol. The lowest BCUT2D eigenvalue weighted by Crippen LogP contribution is -2.07. The molecule has 1 aromatic carbocycles. The lowest BCUT2D eigenvalue weighted by molar-refractivity contribution is 0.0644. The van der Waals surface area contributed by atoms with Crippen LogP contribution in [-0.2, 0) is 9.47 Å². The van der Waals surface area contributed by atoms with E-state index in [1.165, 1.54) is 0 Å². The highest BCUT2D eigenvalue weighted by Crippen LogP contribution is 2.30. The van der Waals surface area contributed by atoms with Gasteiger partial charge in [0.25, 0.3) is 0 Å². The van der Waals surface area contributed by atoms with Crippen LogP contribution in [0.25, 0.3) is 0 Å². The van der Waals surface area contributed by atoms with Crippen LogP contribution in [-0.4, -0.2) is 33.5 Å². The minimum atomic E-state index is 0.583. The molecule has 1 rings (SSSR count). The highest BCUT2D eigenvalue weighted by atomic mass is 79.9. The van der Waals surface area contributed by atoms with Crippen LogP contribution in [0.3, 0.4) is 0 Å². The van der Waals surface area contributed by atoms with Crippen molar-refractivity contribution in [2.24, 2.45) is 0 Å². The van der Waals surface area contributed by atoms with E-state index in [1.807, 2.05) is 18.2 Å². The molecule has 0 bridgehead atoms. The first kappa shape index (κ1) is 14.3. The smallest absolute Gasteiger partial charge is 0.156 e. The summed E-state index contributed by atoms with van der Waals surface area (Å²) in [5.74, 6) is 0.699. The number of benzene rings is 1. The summed E-state index contributed by atoms with van der Waals surface area (Å²) < 4.78 is 16.7. The number of hydrogen-bond donors (Lipinski definition) is 1. The van der Waals surface area contributed by atoms with Crippen LogP contribution in [0.2, 0.25) is 0 Å². The first-order valence-corrected chi connectivity index (χ1v) is 6.28. The van der Waals surface area contributed by atoms with Gasteiger partial charge in [-0.2, -0.15) is 0 Å². The molecule has 0 heterocycles. The molecule has 0 aromatic heterocycles. The van der Waals surface area contributed by atoms with Crippen LogP contribution in [0.5, 0.6) is 5.75 Å². The van der Waals surface area contributed by atoms with Crippen LogP contribution < -0.4 is 10.5 Å². The van der Waals surface area contributed by atoms with E-state index in [-0.39, 0.29) is 0 Å². The molecule has 96 valence electrons. The number of rotatable bonds is 8. The molecule has 1 aromatic rings. The van der Waals surface area contributed by atoms with E-state index in [2.05, 4.69) is 15.9 Å². The van der Waals surface area contributed by atoms with Crippen LogP contribution in [0.15, 0.2) is 22.7 Å². The summed E-state index contributed by atoms with van der Waals surface area (Å²) in [6.45, 7) is 2.49. The van der Waals surface area contributed by atoms with Crippen LogP contribution in [0.1, 0.15) is 6.42 Å². The molecule has 0 saturated heterocycles. The van der Waals surface area contributed by atoms with Crippen LogP contribution in [0.4, 0.5) is 5.69 Å². The monoisotopic (exact) mass is 303 g/mol. The Hall–Kier alpha value is -0.780. The van der Waals surface area contributed by atoms with E-state index in [0.29, 0.717) is 37.9 Å². The number of para-hydroxylation sites is 1. The quantitative estimate of drug-likeness (QED) is 0.592. The largest absolute Gasteiger partial charge is 0.490 e. The SMILES string of the molecule is COCCOCCCOc1c(N)cccc1Br. The first-order chi connectivity index (χ1) is 8.25. The molecule has 0 unspecified atom stereocenters. The Bertz CT molecular complexity index is 313. The van der Waals surface area contributed by atoms with Gasteiger partial charge in [-0.1, -0.05) is 6.07 Å². The predicted octanol–water partition coefficient (Wildman–Crippen LogP) is 2.46. The molecule has 0 aliphatic heterocycles. The summed E-state index contributed by atoms with van der Waals surface area (Å²) in [7, 11) is 1.65. The summed E-state index contributed by atoms with van der Waals surface area (Å²) in [6.07, 6.45) is 0.824. The van der Waals surface area contributed by atoms with Crippen molar-refractivity contribution in [3.05, 3.63) is 22.7 Å². The van der Waals surface area contributed by atoms with Gasteiger partial charge in [0.1, 0.15) is 0 Å². The fourth-order valence-electron chi connectivity index (χ4n) is 1.26. The van der Waals surface area contributed by atoms with E-state index in [1.54, 1.807) is 7.11 Å². The van der Waals surface area contributed by atoms with Gasteiger partial charge in [0.2, 0.25) is 0 Å². The van der Waals surface area contributed by atoms with Crippen molar-refractivity contribution in [2.75, 3.05) is 39.3 Å². The Morgan fingerprint density at radius 1 is 1.18 bits per heavy atom. The summed E-state index contributed by atoms with van der Waals surface area (Å²) in [5, 5.41) is 0. The zero-order chi connectivity index (χ0) is 12.5. The Morgan fingerprint density at radius 3 is 2.71 bits per heavy atom. The van der Waals surface area contributed by atoms with Gasteiger partial charge in [-0.15, -0.1) is 0 Å². The molecule has 0 radical (unpaired) electrons. The Morgan fingerprint density at radius 2 is 2.00 bits per heavy atom. The number of hydrogen-bond acceptors (Lipinski definition) is 4. The van der Waals surface area contributed by atoms with Gasteiger partial charge >= 0.3 is 0 Å². The molecule has 0 amide bonds. The predicted molar refractivity (Wildman–Crippen MR) is 71.4 cm³/mol. The number of halogens is 1. The zero-order valence-corrected chi connectivity index (χ0v) is 11.5. The van der Waals surface area contributed by atoms with Crippen molar-refractivity contribution in [3.8, 4) is 5.75 Å². The summed E-state index contributed by atoms with van der Waals surface area (Å²) in [6, 6.07) is 5.59. The maximum absolute atomic E-state index is 5.80. The van der Waals surface area contributed by atoms with Gasteiger partial charge < -0.3 is 19.9 Å². The van der Waals surface area contributed by atoms with Crippen molar-refractivity contribution in [1.82, 2.24) is 0 Å². The summed E-state index contributed by atoms with van der Waals surface area (Å²) in [5.41, 5.74) is 6.44. The third-order valence-corrected chi connectivity index (χ3v) is 2.73. The van der Waals surface area contributed by atoms with Crippen LogP contribution in [0, 0.1) is 0 Å². The molecule has 0 fully saturated rings. The molecule has 0 aliphatic carbocycles. The molecule has 0 atom stereocenters. The molecular weight excluding hydrogens is 286 g/mol. The molecule has 0 saturated carbocycles. The van der Waals surface area contributed by atoms with Gasteiger partial charge in [-0.05, 0) is 28.1 Å². The minimum Gasteiger partial charge on any atom is -0.490 e. The third kappa shape index (κ3) is 5.39. The zero-order valence-electron chi connectivity index (χ0n) is 9.95. The van der Waals surface area contributed by atoms with Gasteiger partial charge in [0.15, 0.2) is 5.75 Å². The van der Waals surface area contributed by atoms with E-state index < -0.39 is 0 Å². The first-order valence-electron chi connectivity index (χ1n) is 5.49. The maximum atomic E-state index is 5.80. The highest BCUT2D eigenvalue weighted by Gasteiger charge is 2.04. The Labute approximate surface area is 110 Å². The second-order valence-corrected chi connectivity index (χ2v) is 4.32. The second kappa shape index (κ2) is 8.33. The van der Waals surface area contributed by atoms with E-state index >= 15 is 0 Å². The van der Waals surface area contributed by atoms with Crippen molar-refractivity contribution in [1.29, 1.82) is 0 Å². The van der Waals surface area contributed by atoms with Crippen molar-refractivity contribution in [2.45, 2.75) is 6.42 Å². The lowest BCUT2D eigenvalue weighted by Gasteiger charge is -2.10. The topological polar surface area (TPSA) is 53.7 Å². The van der Waals surface area contributed by atoms with Crippen molar-refractivity contribution in [3.63, 3.8) is 0 Å². The van der Waals surface area contributed by atoms with Gasteiger partial charge in [0, 0.05) is 20.1 Å². The van der Waals surface area contributed by atoms with E-state index in [9.17, 15) is 0 Å². The Kier molecular flexibility index (Phi) is 7.00. The van der Waals surface area contributed by atoms with Gasteiger partial charge in [-0.25, -0.2) is 0 Å². The number of nitrogens with two attached hydrogens (primary N) is 1. The second-order valence-electron chi connectivity index (χ2n) is 3.47. The average Bonchev–Trinajstić information content (AvgIpc) is 2.31. The molecule has 0 aliphatic rings. The summed E-state index contributed by atoms with van der Waals surface area (Å²) in [4.78, 5) is 0. The van der Waals surface area contributed by atoms with Crippen LogP contribution >= 0.6 is 15.9 Å². The molecule has 4 nitrogen and oxygen atoms in total. The standard InChI is InChI=1S/C12H18BrNO3/c1-15-8-9-16-6-3-7-17-12-10(13)4-2-5-11(12)14/h2,4-5H,3,6-9,14H2,1H3. The summed E-state index contributed by atoms with van der Waals surface area (Å²) >= 11 is 3.40. The normalized spacial score (nSPS) is 10.5. The van der Waals surface area contributed by atoms with Gasteiger partial charge in [0.05, 0.1) is 30.0 Å². The highest BCUT2D eigenvalue weighted by molar-refractivity contribution is 9.10. The van der Waals surface area contributed by atoms with E-state index in [4.69, 9.17) is 19.9 Å². The number of methoxy groups -OCH3 is 1. The fourth-order valence-corrected chi connectivity index (χ4v) is 1.75. The number of nitrogen functional groups attached to an aromatic ring is 1. The fraction of sp³-hybridized carbons (Fsp3) is 0.500. The molecule has 2 N–H and O–H groups in total. The number of ether oxygens (including phenoxy) is 3. The lowest BCUT2D eigenvalue weighted by atomic mass is 10.3. The molecule has 5 heteroatoms. The van der Waals surface area contributed by atoms with Crippen molar-refractivity contribution < 1.29 is 14.2 Å². The minimum absolute atomic E-state index is 0.583. The van der Waals surface area contributed by atoms with Crippen molar-refractivity contribution >= 4 is 21.6 Å². The van der Waals surface area contributed by atoms with E-state index in [0.717, 1.165) is 10.9 Å². The van der Waals surface area contributed by atoms with Gasteiger partial charge in [-0.3, -0.25) is 0 Å². The molecule has 17 heavy (non-hydrogen) atoms.